The van der Waals surface area contributed by atoms with Crippen molar-refractivity contribution in [3.8, 4) is 0 Å². The maximum absolute atomic E-state index is 5.93. The largest absolute Gasteiger partial charge is 0.402 e. The van der Waals surface area contributed by atoms with Gasteiger partial charge in [0.25, 0.3) is 0 Å². The summed E-state index contributed by atoms with van der Waals surface area (Å²) in [6.07, 6.45) is 5.28. The van der Waals surface area contributed by atoms with Gasteiger partial charge in [-0.2, -0.15) is 0 Å². The van der Waals surface area contributed by atoms with Crippen molar-refractivity contribution >= 4 is 12.4 Å². The Morgan fingerprint density at radius 1 is 1.25 bits per heavy atom. The smallest absolute Gasteiger partial charge is 0.00434 e. The Balaban J connectivity index is 0.00000225. The lowest BCUT2D eigenvalue weighted by Crippen LogP contribution is -2.00. The topological polar surface area (TPSA) is 26.0 Å². The second-order valence-electron chi connectivity index (χ2n) is 4.40. The van der Waals surface area contributed by atoms with E-state index in [1.54, 1.807) is 0 Å². The highest BCUT2D eigenvalue weighted by atomic mass is 35.5. The predicted octanol–water partition coefficient (Wildman–Crippen LogP) is 3.93. The van der Waals surface area contributed by atoms with Gasteiger partial charge in [0.05, 0.1) is 0 Å². The third-order valence-corrected chi connectivity index (χ3v) is 2.45. The molecule has 0 saturated heterocycles. The minimum atomic E-state index is 0. The average molecular weight is 240 g/mol. The summed E-state index contributed by atoms with van der Waals surface area (Å²) in [4.78, 5) is 0. The van der Waals surface area contributed by atoms with Crippen LogP contribution >= 0.6 is 12.4 Å². The Kier molecular flexibility index (Phi) is 7.74. The summed E-state index contributed by atoms with van der Waals surface area (Å²) in [7, 11) is 0. The molecular formula is C14H22ClN. The number of allylic oxidation sites excluding steroid dienone is 2. The third kappa shape index (κ3) is 6.52. The molecule has 0 fully saturated rings. The number of hydrogen-bond acceptors (Lipinski definition) is 1. The van der Waals surface area contributed by atoms with Crippen molar-refractivity contribution in [1.82, 2.24) is 0 Å². The first-order valence-electron chi connectivity index (χ1n) is 5.67. The van der Waals surface area contributed by atoms with E-state index >= 15 is 0 Å². The third-order valence-electron chi connectivity index (χ3n) is 2.45. The highest BCUT2D eigenvalue weighted by molar-refractivity contribution is 5.85. The fourth-order valence-corrected chi connectivity index (χ4v) is 1.42. The molecule has 2 N–H and O–H groups in total. The van der Waals surface area contributed by atoms with Crippen LogP contribution in [-0.2, 0) is 6.42 Å². The Morgan fingerprint density at radius 2 is 1.88 bits per heavy atom. The van der Waals surface area contributed by atoms with E-state index in [0.717, 1.165) is 24.5 Å². The Labute approximate surface area is 105 Å². The lowest BCUT2D eigenvalue weighted by Gasteiger charge is -2.04. The lowest BCUT2D eigenvalue weighted by molar-refractivity contribution is 0.582. The van der Waals surface area contributed by atoms with Gasteiger partial charge >= 0.3 is 0 Å². The summed E-state index contributed by atoms with van der Waals surface area (Å²) in [5.41, 5.74) is 8.28. The molecule has 0 aliphatic heterocycles. The summed E-state index contributed by atoms with van der Waals surface area (Å²) in [5.74, 6) is 0.730. The van der Waals surface area contributed by atoms with Crippen molar-refractivity contribution < 1.29 is 0 Å². The summed E-state index contributed by atoms with van der Waals surface area (Å²) >= 11 is 0. The number of benzene rings is 1. The minimum absolute atomic E-state index is 0. The number of nitrogens with two attached hydrogens (primary N) is 1. The fourth-order valence-electron chi connectivity index (χ4n) is 1.42. The van der Waals surface area contributed by atoms with Crippen molar-refractivity contribution in [3.63, 3.8) is 0 Å². The molecule has 2 heteroatoms. The highest BCUT2D eigenvalue weighted by Crippen LogP contribution is 2.09. The molecule has 0 saturated carbocycles. The second-order valence-corrected chi connectivity index (χ2v) is 4.40. The van der Waals surface area contributed by atoms with E-state index in [9.17, 15) is 0 Å². The molecule has 0 radical (unpaired) electrons. The van der Waals surface area contributed by atoms with Crippen LogP contribution < -0.4 is 5.73 Å². The van der Waals surface area contributed by atoms with Crippen LogP contribution in [0, 0.1) is 5.92 Å². The quantitative estimate of drug-likeness (QED) is 0.828. The van der Waals surface area contributed by atoms with Gasteiger partial charge in [-0.05, 0) is 30.7 Å². The molecular weight excluding hydrogens is 218 g/mol. The number of hydrogen-bond donors (Lipinski definition) is 1. The zero-order chi connectivity index (χ0) is 11.1. The molecule has 1 aromatic rings. The van der Waals surface area contributed by atoms with Gasteiger partial charge in [-0.15, -0.1) is 12.4 Å². The monoisotopic (exact) mass is 239 g/mol. The minimum Gasteiger partial charge on any atom is -0.402 e. The maximum Gasteiger partial charge on any atom is 0.00434 e. The van der Waals surface area contributed by atoms with Gasteiger partial charge in [-0.25, -0.2) is 0 Å². The Morgan fingerprint density at radius 3 is 2.44 bits per heavy atom. The molecule has 0 bridgehead atoms. The van der Waals surface area contributed by atoms with Gasteiger partial charge in [0.15, 0.2) is 0 Å². The zero-order valence-electron chi connectivity index (χ0n) is 10.1. The molecule has 0 aromatic heterocycles. The first-order chi connectivity index (χ1) is 7.18. The van der Waals surface area contributed by atoms with Gasteiger partial charge in [-0.3, -0.25) is 0 Å². The standard InChI is InChI=1S/C14H21N.ClH/c1-12(2)8-10-14(15)11-9-13-6-4-3-5-7-13;/h3-7,11-12H,8-10,15H2,1-2H3;1H/b14-11+;. The van der Waals surface area contributed by atoms with E-state index in [2.05, 4.69) is 44.2 Å². The summed E-state index contributed by atoms with van der Waals surface area (Å²) in [6.45, 7) is 4.45. The van der Waals surface area contributed by atoms with Crippen molar-refractivity contribution in [2.45, 2.75) is 33.1 Å². The molecule has 16 heavy (non-hydrogen) atoms. The SMILES string of the molecule is CC(C)CC/C(N)=C\Cc1ccccc1.Cl. The van der Waals surface area contributed by atoms with Crippen molar-refractivity contribution in [3.05, 3.63) is 47.7 Å². The molecule has 0 amide bonds. The molecule has 0 spiro atoms. The van der Waals surface area contributed by atoms with Crippen LogP contribution in [0.25, 0.3) is 0 Å². The average Bonchev–Trinajstić information content (AvgIpc) is 2.25. The van der Waals surface area contributed by atoms with Gasteiger partial charge in [0, 0.05) is 5.70 Å². The maximum atomic E-state index is 5.93. The van der Waals surface area contributed by atoms with Crippen LogP contribution in [0.15, 0.2) is 42.1 Å². The van der Waals surface area contributed by atoms with Gasteiger partial charge in [0.2, 0.25) is 0 Å². The van der Waals surface area contributed by atoms with Crippen molar-refractivity contribution in [1.29, 1.82) is 0 Å². The van der Waals surface area contributed by atoms with Crippen LogP contribution in [-0.4, -0.2) is 0 Å². The molecule has 0 aliphatic rings. The van der Waals surface area contributed by atoms with Crippen LogP contribution in [0.5, 0.6) is 0 Å². The van der Waals surface area contributed by atoms with E-state index in [0.29, 0.717) is 0 Å². The highest BCUT2D eigenvalue weighted by Gasteiger charge is 1.96. The van der Waals surface area contributed by atoms with Crippen molar-refractivity contribution in [2.75, 3.05) is 0 Å². The first-order valence-corrected chi connectivity index (χ1v) is 5.67. The Bertz CT molecular complexity index is 304. The van der Waals surface area contributed by atoms with Gasteiger partial charge in [-0.1, -0.05) is 50.3 Å². The van der Waals surface area contributed by atoms with Crippen LogP contribution in [0.2, 0.25) is 0 Å². The van der Waals surface area contributed by atoms with Crippen molar-refractivity contribution in [2.24, 2.45) is 11.7 Å². The molecule has 1 aromatic carbocycles. The zero-order valence-corrected chi connectivity index (χ0v) is 11.0. The molecule has 0 heterocycles. The van der Waals surface area contributed by atoms with Crippen LogP contribution in [0.1, 0.15) is 32.3 Å². The molecule has 1 rings (SSSR count). The normalized spacial score (nSPS) is 11.3. The molecule has 90 valence electrons. The molecule has 0 unspecified atom stereocenters. The van der Waals surface area contributed by atoms with E-state index in [-0.39, 0.29) is 12.4 Å². The van der Waals surface area contributed by atoms with E-state index in [1.807, 2.05) is 6.07 Å². The number of rotatable bonds is 5. The van der Waals surface area contributed by atoms with E-state index in [1.165, 1.54) is 12.0 Å². The molecule has 1 nitrogen and oxygen atoms in total. The van der Waals surface area contributed by atoms with E-state index in [4.69, 9.17) is 5.73 Å². The molecule has 0 atom stereocenters. The van der Waals surface area contributed by atoms with Gasteiger partial charge in [0.1, 0.15) is 0 Å². The fraction of sp³-hybridized carbons (Fsp3) is 0.429. The van der Waals surface area contributed by atoms with Crippen LogP contribution in [0.4, 0.5) is 0 Å². The molecule has 0 aliphatic carbocycles. The lowest BCUT2D eigenvalue weighted by atomic mass is 10.1. The first kappa shape index (κ1) is 15.0. The Hall–Kier alpha value is -0.950. The summed E-state index contributed by atoms with van der Waals surface area (Å²) in [6, 6.07) is 10.4. The van der Waals surface area contributed by atoms with E-state index < -0.39 is 0 Å². The predicted molar refractivity (Wildman–Crippen MR) is 73.7 cm³/mol. The van der Waals surface area contributed by atoms with Gasteiger partial charge < -0.3 is 5.73 Å². The summed E-state index contributed by atoms with van der Waals surface area (Å²) in [5, 5.41) is 0. The number of halogens is 1. The van der Waals surface area contributed by atoms with Crippen LogP contribution in [0.3, 0.4) is 0 Å². The summed E-state index contributed by atoms with van der Waals surface area (Å²) < 4.78 is 0. The second kappa shape index (κ2) is 8.23.